The second-order valence-corrected chi connectivity index (χ2v) is 8.46. The third-order valence-electron chi connectivity index (χ3n) is 3.97. The second-order valence-electron chi connectivity index (χ2n) is 6.71. The molecule has 0 aliphatic carbocycles. The summed E-state index contributed by atoms with van der Waals surface area (Å²) in [6, 6.07) is 14.3. The lowest BCUT2D eigenvalue weighted by Crippen LogP contribution is -2.33. The molecule has 1 unspecified atom stereocenters. The van der Waals surface area contributed by atoms with E-state index >= 15 is 0 Å². The molecule has 0 aliphatic heterocycles. The van der Waals surface area contributed by atoms with Gasteiger partial charge >= 0.3 is 0 Å². The average molecular weight is 404 g/mol. The van der Waals surface area contributed by atoms with Crippen molar-refractivity contribution in [3.05, 3.63) is 59.7 Å². The van der Waals surface area contributed by atoms with E-state index in [1.807, 2.05) is 37.3 Å². The van der Waals surface area contributed by atoms with Crippen LogP contribution in [0.15, 0.2) is 48.5 Å². The van der Waals surface area contributed by atoms with Crippen molar-refractivity contribution in [2.45, 2.75) is 32.7 Å². The maximum atomic E-state index is 12.8. The number of sulfonamides is 1. The number of hydrogen-bond acceptors (Lipinski definition) is 4. The Bertz CT molecular complexity index is 943. The average Bonchev–Trinajstić information content (AvgIpc) is 2.60. The zero-order chi connectivity index (χ0) is 20.7. The number of amides is 2. The Hall–Kier alpha value is -2.87. The van der Waals surface area contributed by atoms with Crippen LogP contribution in [-0.2, 0) is 21.2 Å². The molecular weight excluding hydrogens is 378 g/mol. The second kappa shape index (κ2) is 9.36. The predicted octanol–water partition coefficient (Wildman–Crippen LogP) is 2.77. The topological polar surface area (TPSA) is 104 Å². The summed E-state index contributed by atoms with van der Waals surface area (Å²) < 4.78 is 25.6. The minimum atomic E-state index is -3.56. The molecule has 0 spiro atoms. The van der Waals surface area contributed by atoms with E-state index < -0.39 is 15.9 Å². The van der Waals surface area contributed by atoms with Crippen molar-refractivity contribution >= 4 is 33.2 Å². The fraction of sp³-hybridized carbons (Fsp3) is 0.300. The molecule has 3 N–H and O–H groups in total. The van der Waals surface area contributed by atoms with Gasteiger partial charge in [0.2, 0.25) is 15.9 Å². The number of nitrogens with one attached hydrogen (secondary N) is 3. The first-order valence-electron chi connectivity index (χ1n) is 8.88. The molecule has 0 aromatic heterocycles. The monoisotopic (exact) mass is 403 g/mol. The maximum absolute atomic E-state index is 12.8. The molecule has 7 nitrogen and oxygen atoms in total. The van der Waals surface area contributed by atoms with E-state index in [1.54, 1.807) is 0 Å². The molecule has 0 fully saturated rings. The Morgan fingerprint density at radius 3 is 2.36 bits per heavy atom. The maximum Gasteiger partial charge on any atom is 0.253 e. The Labute approximate surface area is 165 Å². The molecule has 2 rings (SSSR count). The highest BCUT2D eigenvalue weighted by Crippen LogP contribution is 2.22. The van der Waals surface area contributed by atoms with Gasteiger partial charge < -0.3 is 10.6 Å². The molecule has 2 aromatic carbocycles. The molecule has 2 amide bonds. The summed E-state index contributed by atoms with van der Waals surface area (Å²) in [5.74, 6) is -0.703. The fourth-order valence-electron chi connectivity index (χ4n) is 2.70. The summed E-state index contributed by atoms with van der Waals surface area (Å²) >= 11 is 0. The molecule has 8 heteroatoms. The minimum Gasteiger partial charge on any atom is -0.350 e. The lowest BCUT2D eigenvalue weighted by molar-refractivity contribution is -0.114. The SMILES string of the molecule is CC(=O)Nc1ccc(NS(C)(=O)=O)c(C(=O)NC(C)CCc2ccccc2)c1. The Balaban J connectivity index is 2.14. The van der Waals surface area contributed by atoms with Gasteiger partial charge in [-0.05, 0) is 43.5 Å². The normalized spacial score (nSPS) is 12.1. The van der Waals surface area contributed by atoms with Gasteiger partial charge in [0.15, 0.2) is 0 Å². The number of aryl methyl sites for hydroxylation is 1. The van der Waals surface area contributed by atoms with Crippen molar-refractivity contribution in [2.75, 3.05) is 16.3 Å². The van der Waals surface area contributed by atoms with Gasteiger partial charge in [-0.1, -0.05) is 30.3 Å². The van der Waals surface area contributed by atoms with Gasteiger partial charge in [0.25, 0.3) is 5.91 Å². The molecule has 0 saturated heterocycles. The predicted molar refractivity (Wildman–Crippen MR) is 111 cm³/mol. The largest absolute Gasteiger partial charge is 0.350 e. The Morgan fingerprint density at radius 2 is 1.75 bits per heavy atom. The van der Waals surface area contributed by atoms with Crippen LogP contribution in [0.25, 0.3) is 0 Å². The molecule has 2 aromatic rings. The van der Waals surface area contributed by atoms with Gasteiger partial charge in [0.1, 0.15) is 0 Å². The number of carbonyl (C=O) groups excluding carboxylic acids is 2. The highest BCUT2D eigenvalue weighted by Gasteiger charge is 2.17. The Kier molecular flexibility index (Phi) is 7.17. The van der Waals surface area contributed by atoms with E-state index in [4.69, 9.17) is 0 Å². The molecule has 150 valence electrons. The van der Waals surface area contributed by atoms with Crippen molar-refractivity contribution < 1.29 is 18.0 Å². The molecule has 0 heterocycles. The van der Waals surface area contributed by atoms with Crippen molar-refractivity contribution in [3.8, 4) is 0 Å². The first-order chi connectivity index (χ1) is 13.1. The van der Waals surface area contributed by atoms with Gasteiger partial charge in [-0.2, -0.15) is 0 Å². The molecule has 0 radical (unpaired) electrons. The van der Waals surface area contributed by atoms with Gasteiger partial charge in [-0.15, -0.1) is 0 Å². The molecule has 0 saturated carbocycles. The van der Waals surface area contributed by atoms with Crippen LogP contribution < -0.4 is 15.4 Å². The number of rotatable bonds is 8. The molecule has 28 heavy (non-hydrogen) atoms. The van der Waals surface area contributed by atoms with Crippen LogP contribution >= 0.6 is 0 Å². The minimum absolute atomic E-state index is 0.122. The quantitative estimate of drug-likeness (QED) is 0.630. The molecule has 1 atom stereocenters. The number of anilines is 2. The lowest BCUT2D eigenvalue weighted by atomic mass is 10.1. The van der Waals surface area contributed by atoms with Crippen LogP contribution in [0.4, 0.5) is 11.4 Å². The fourth-order valence-corrected chi connectivity index (χ4v) is 3.28. The van der Waals surface area contributed by atoms with E-state index in [1.165, 1.54) is 30.7 Å². The summed E-state index contributed by atoms with van der Waals surface area (Å²) in [7, 11) is -3.56. The lowest BCUT2D eigenvalue weighted by Gasteiger charge is -2.17. The van der Waals surface area contributed by atoms with Crippen molar-refractivity contribution in [3.63, 3.8) is 0 Å². The third kappa shape index (κ3) is 7.03. The van der Waals surface area contributed by atoms with Gasteiger partial charge in [-0.25, -0.2) is 8.42 Å². The van der Waals surface area contributed by atoms with Crippen molar-refractivity contribution in [1.29, 1.82) is 0 Å². The summed E-state index contributed by atoms with van der Waals surface area (Å²) in [5.41, 5.74) is 1.89. The van der Waals surface area contributed by atoms with E-state index in [0.29, 0.717) is 5.69 Å². The van der Waals surface area contributed by atoms with Crippen molar-refractivity contribution in [1.82, 2.24) is 5.32 Å². The van der Waals surface area contributed by atoms with Gasteiger partial charge in [0.05, 0.1) is 17.5 Å². The first kappa shape index (κ1) is 21.4. The van der Waals surface area contributed by atoms with E-state index in [2.05, 4.69) is 15.4 Å². The zero-order valence-corrected chi connectivity index (χ0v) is 17.0. The molecule has 0 aliphatic rings. The zero-order valence-electron chi connectivity index (χ0n) is 16.2. The number of carbonyl (C=O) groups is 2. The van der Waals surface area contributed by atoms with Crippen LogP contribution in [0.3, 0.4) is 0 Å². The Morgan fingerprint density at radius 1 is 1.07 bits per heavy atom. The van der Waals surface area contributed by atoms with Gasteiger partial charge in [-0.3, -0.25) is 14.3 Å². The first-order valence-corrected chi connectivity index (χ1v) is 10.8. The van der Waals surface area contributed by atoms with Crippen LogP contribution in [0.1, 0.15) is 36.2 Å². The summed E-state index contributed by atoms with van der Waals surface area (Å²) in [4.78, 5) is 24.0. The number of hydrogen-bond donors (Lipinski definition) is 3. The van der Waals surface area contributed by atoms with E-state index in [0.717, 1.165) is 19.1 Å². The van der Waals surface area contributed by atoms with Gasteiger partial charge in [0, 0.05) is 18.7 Å². The van der Waals surface area contributed by atoms with Crippen LogP contribution in [0, 0.1) is 0 Å². The molecular formula is C20H25N3O4S. The van der Waals surface area contributed by atoms with E-state index in [-0.39, 0.29) is 23.2 Å². The molecule has 0 bridgehead atoms. The summed E-state index contributed by atoms with van der Waals surface area (Å²) in [6.45, 7) is 3.25. The highest BCUT2D eigenvalue weighted by molar-refractivity contribution is 7.92. The summed E-state index contributed by atoms with van der Waals surface area (Å²) in [5, 5.41) is 5.48. The highest BCUT2D eigenvalue weighted by atomic mass is 32.2. The van der Waals surface area contributed by atoms with Crippen LogP contribution in [0.5, 0.6) is 0 Å². The smallest absolute Gasteiger partial charge is 0.253 e. The van der Waals surface area contributed by atoms with E-state index in [9.17, 15) is 18.0 Å². The third-order valence-corrected chi connectivity index (χ3v) is 4.56. The van der Waals surface area contributed by atoms with Crippen molar-refractivity contribution in [2.24, 2.45) is 0 Å². The number of benzene rings is 2. The van der Waals surface area contributed by atoms with Crippen LogP contribution in [0.2, 0.25) is 0 Å². The van der Waals surface area contributed by atoms with Crippen LogP contribution in [-0.4, -0.2) is 32.5 Å². The standard InChI is InChI=1S/C20H25N3O4S/c1-14(9-10-16-7-5-4-6-8-16)21-20(25)18-13-17(22-15(2)24)11-12-19(18)23-28(3,26)27/h4-8,11-14,23H,9-10H2,1-3H3,(H,21,25)(H,22,24). The summed E-state index contributed by atoms with van der Waals surface area (Å²) in [6.07, 6.45) is 2.55.